The van der Waals surface area contributed by atoms with E-state index in [-0.39, 0.29) is 19.0 Å². The van der Waals surface area contributed by atoms with Crippen LogP contribution >= 0.6 is 0 Å². The molecule has 2 atom stereocenters. The van der Waals surface area contributed by atoms with Crippen LogP contribution in [-0.4, -0.2) is 53.8 Å². The highest BCUT2D eigenvalue weighted by Gasteiger charge is 2.45. The molecule has 8 nitrogen and oxygen atoms in total. The summed E-state index contributed by atoms with van der Waals surface area (Å²) in [6.45, 7) is 5.57. The molecule has 2 heterocycles. The molecule has 2 rings (SSSR count). The number of esters is 2. The maximum absolute atomic E-state index is 12.9. The van der Waals surface area contributed by atoms with E-state index in [9.17, 15) is 27.6 Å². The molecular formula is C18H21F3N2O6. The quantitative estimate of drug-likeness (QED) is 0.691. The van der Waals surface area contributed by atoms with E-state index < -0.39 is 47.5 Å². The maximum Gasteiger partial charge on any atom is 0.433 e. The monoisotopic (exact) mass is 418 g/mol. The summed E-state index contributed by atoms with van der Waals surface area (Å²) in [7, 11) is 0. The van der Waals surface area contributed by atoms with Gasteiger partial charge in [0.05, 0.1) is 13.2 Å². The summed E-state index contributed by atoms with van der Waals surface area (Å²) < 4.78 is 54.2. The second-order valence-corrected chi connectivity index (χ2v) is 7.22. The summed E-state index contributed by atoms with van der Waals surface area (Å²) in [5.41, 5.74) is -2.11. The third kappa shape index (κ3) is 5.89. The molecule has 1 aromatic heterocycles. The molecule has 29 heavy (non-hydrogen) atoms. The molecule has 1 amide bonds. The number of halogens is 3. The van der Waals surface area contributed by atoms with Crippen molar-refractivity contribution >= 4 is 23.7 Å². The van der Waals surface area contributed by atoms with Gasteiger partial charge in [-0.2, -0.15) is 13.2 Å². The number of pyridine rings is 1. The normalized spacial score (nSPS) is 18.9. The van der Waals surface area contributed by atoms with Gasteiger partial charge in [0.25, 0.3) is 5.91 Å². The van der Waals surface area contributed by atoms with E-state index in [0.29, 0.717) is 0 Å². The van der Waals surface area contributed by atoms with Crippen LogP contribution in [0.5, 0.6) is 0 Å². The van der Waals surface area contributed by atoms with E-state index in [1.165, 1.54) is 6.07 Å². The van der Waals surface area contributed by atoms with Crippen molar-refractivity contribution < 1.29 is 41.8 Å². The van der Waals surface area contributed by atoms with Gasteiger partial charge < -0.3 is 14.2 Å². The van der Waals surface area contributed by atoms with Crippen LogP contribution in [0.3, 0.4) is 0 Å². The molecule has 1 saturated heterocycles. The minimum absolute atomic E-state index is 0.0925. The predicted molar refractivity (Wildman–Crippen MR) is 92.7 cm³/mol. The van der Waals surface area contributed by atoms with Crippen molar-refractivity contribution in [2.75, 3.05) is 18.1 Å². The average molecular weight is 418 g/mol. The topological polar surface area (TPSA) is 95.0 Å². The van der Waals surface area contributed by atoms with Crippen LogP contribution in [0.2, 0.25) is 0 Å². The van der Waals surface area contributed by atoms with E-state index in [4.69, 9.17) is 14.2 Å². The van der Waals surface area contributed by atoms with E-state index in [2.05, 4.69) is 4.98 Å². The van der Waals surface area contributed by atoms with E-state index in [0.717, 1.165) is 24.0 Å². The van der Waals surface area contributed by atoms with Gasteiger partial charge in [-0.05, 0) is 32.9 Å². The van der Waals surface area contributed by atoms with Crippen molar-refractivity contribution in [2.24, 2.45) is 0 Å². The minimum Gasteiger partial charge on any atom is -0.457 e. The number of ether oxygens (including phenoxy) is 3. The molecule has 0 spiro atoms. The molecule has 0 radical (unpaired) electrons. The highest BCUT2D eigenvalue weighted by Crippen LogP contribution is 2.30. The number of hydrogen-bond acceptors (Lipinski definition) is 7. The lowest BCUT2D eigenvalue weighted by Crippen LogP contribution is -2.56. The maximum atomic E-state index is 12.9. The Labute approximate surface area is 164 Å². The molecule has 11 heteroatoms. The van der Waals surface area contributed by atoms with Crippen molar-refractivity contribution in [1.29, 1.82) is 0 Å². The average Bonchev–Trinajstić information content (AvgIpc) is 2.58. The Kier molecular flexibility index (Phi) is 6.51. The molecule has 0 bridgehead atoms. The number of aromatic nitrogens is 1. The molecule has 0 N–H and O–H groups in total. The number of nitrogens with zero attached hydrogens (tertiary/aromatic N) is 2. The number of anilines is 1. The first-order chi connectivity index (χ1) is 13.3. The lowest BCUT2D eigenvalue weighted by atomic mass is 10.1. The van der Waals surface area contributed by atoms with Crippen molar-refractivity contribution in [3.8, 4) is 0 Å². The fourth-order valence-electron chi connectivity index (χ4n) is 2.55. The van der Waals surface area contributed by atoms with Crippen LogP contribution in [0, 0.1) is 0 Å². The molecule has 2 unspecified atom stereocenters. The number of morpholine rings is 1. The number of alkyl halides is 3. The van der Waals surface area contributed by atoms with Crippen LogP contribution in [0.25, 0.3) is 0 Å². The summed E-state index contributed by atoms with van der Waals surface area (Å²) in [4.78, 5) is 41.2. The SMILES string of the molecule is CC(=O)OC(C(=O)OC(C)(C)C)C1OCCN(c2cccc(C(F)(F)F)n2)C1=O. The molecular weight excluding hydrogens is 397 g/mol. The van der Waals surface area contributed by atoms with Crippen molar-refractivity contribution in [1.82, 2.24) is 4.98 Å². The van der Waals surface area contributed by atoms with Crippen LogP contribution in [0.15, 0.2) is 18.2 Å². The van der Waals surface area contributed by atoms with Crippen LogP contribution < -0.4 is 4.90 Å². The summed E-state index contributed by atoms with van der Waals surface area (Å²) in [5.74, 6) is -3.00. The molecule has 0 aromatic carbocycles. The largest absolute Gasteiger partial charge is 0.457 e. The molecule has 1 aliphatic heterocycles. The summed E-state index contributed by atoms with van der Waals surface area (Å²) in [6.07, 6.45) is -7.99. The Hall–Kier alpha value is -2.69. The third-order valence-corrected chi connectivity index (χ3v) is 3.63. The highest BCUT2D eigenvalue weighted by atomic mass is 19.4. The van der Waals surface area contributed by atoms with E-state index in [1.54, 1.807) is 20.8 Å². The smallest absolute Gasteiger partial charge is 0.433 e. The van der Waals surface area contributed by atoms with Gasteiger partial charge in [-0.3, -0.25) is 14.5 Å². The Morgan fingerprint density at radius 3 is 2.48 bits per heavy atom. The van der Waals surface area contributed by atoms with Gasteiger partial charge >= 0.3 is 18.1 Å². The van der Waals surface area contributed by atoms with Gasteiger partial charge in [0.1, 0.15) is 17.1 Å². The van der Waals surface area contributed by atoms with E-state index >= 15 is 0 Å². The van der Waals surface area contributed by atoms with Crippen LogP contribution in [0.1, 0.15) is 33.4 Å². The van der Waals surface area contributed by atoms with Gasteiger partial charge in [-0.25, -0.2) is 9.78 Å². The number of amides is 1. The molecule has 0 saturated carbocycles. The van der Waals surface area contributed by atoms with Crippen LogP contribution in [-0.2, 0) is 34.8 Å². The first-order valence-corrected chi connectivity index (χ1v) is 8.67. The first-order valence-electron chi connectivity index (χ1n) is 8.67. The standard InChI is InChI=1S/C18H21F3N2O6/c1-10(24)28-14(16(26)29-17(2,3)4)13-15(25)23(8-9-27-13)12-7-5-6-11(22-12)18(19,20)21/h5-7,13-14H,8-9H2,1-4H3. The number of carbonyl (C=O) groups excluding carboxylic acids is 3. The summed E-state index contributed by atoms with van der Waals surface area (Å²) in [5, 5.41) is 0. The zero-order chi connectivity index (χ0) is 22.0. The Morgan fingerprint density at radius 1 is 1.28 bits per heavy atom. The highest BCUT2D eigenvalue weighted by molar-refractivity contribution is 6.00. The zero-order valence-electron chi connectivity index (χ0n) is 16.3. The van der Waals surface area contributed by atoms with Gasteiger partial charge in [0.15, 0.2) is 6.10 Å². The van der Waals surface area contributed by atoms with Crippen LogP contribution in [0.4, 0.5) is 19.0 Å². The van der Waals surface area contributed by atoms with Gasteiger partial charge in [0.2, 0.25) is 6.10 Å². The second kappa shape index (κ2) is 8.36. The fourth-order valence-corrected chi connectivity index (χ4v) is 2.55. The summed E-state index contributed by atoms with van der Waals surface area (Å²) in [6, 6.07) is 3.11. The zero-order valence-corrected chi connectivity index (χ0v) is 16.3. The van der Waals surface area contributed by atoms with Gasteiger partial charge in [0, 0.05) is 6.92 Å². The van der Waals surface area contributed by atoms with E-state index in [1.807, 2.05) is 0 Å². The fraction of sp³-hybridized carbons (Fsp3) is 0.556. The number of rotatable bonds is 4. The molecule has 160 valence electrons. The van der Waals surface area contributed by atoms with Crippen molar-refractivity contribution in [3.05, 3.63) is 23.9 Å². The lowest BCUT2D eigenvalue weighted by Gasteiger charge is -2.35. The lowest BCUT2D eigenvalue weighted by molar-refractivity contribution is -0.188. The Morgan fingerprint density at radius 2 is 1.93 bits per heavy atom. The Bertz CT molecular complexity index is 791. The number of carbonyl (C=O) groups is 3. The summed E-state index contributed by atoms with van der Waals surface area (Å²) >= 11 is 0. The van der Waals surface area contributed by atoms with Crippen molar-refractivity contribution in [2.45, 2.75) is 51.7 Å². The minimum atomic E-state index is -4.69. The predicted octanol–water partition coefficient (Wildman–Crippen LogP) is 2.11. The number of hydrogen-bond donors (Lipinski definition) is 0. The molecule has 1 aliphatic rings. The molecule has 1 fully saturated rings. The second-order valence-electron chi connectivity index (χ2n) is 7.22. The molecule has 1 aromatic rings. The van der Waals surface area contributed by atoms with Gasteiger partial charge in [-0.1, -0.05) is 6.07 Å². The molecule has 0 aliphatic carbocycles. The Balaban J connectivity index is 2.32. The van der Waals surface area contributed by atoms with Gasteiger partial charge in [-0.15, -0.1) is 0 Å². The van der Waals surface area contributed by atoms with Crippen molar-refractivity contribution in [3.63, 3.8) is 0 Å². The first kappa shape index (κ1) is 22.6. The third-order valence-electron chi connectivity index (χ3n) is 3.63.